The lowest BCUT2D eigenvalue weighted by Gasteiger charge is -2.18. The molecule has 0 fully saturated rings. The van der Waals surface area contributed by atoms with Gasteiger partial charge >= 0.3 is 0 Å². The highest BCUT2D eigenvalue weighted by Gasteiger charge is 2.07. The third-order valence-corrected chi connectivity index (χ3v) is 2.79. The van der Waals surface area contributed by atoms with Crippen LogP contribution in [0.5, 0.6) is 0 Å². The van der Waals surface area contributed by atoms with Gasteiger partial charge in [0.2, 0.25) is 0 Å². The summed E-state index contributed by atoms with van der Waals surface area (Å²) in [5.74, 6) is 0.863. The van der Waals surface area contributed by atoms with E-state index in [0.29, 0.717) is 0 Å². The van der Waals surface area contributed by atoms with Crippen LogP contribution >= 0.6 is 11.6 Å². The van der Waals surface area contributed by atoms with E-state index < -0.39 is 0 Å². The molecule has 84 valence electrons. The van der Waals surface area contributed by atoms with Crippen LogP contribution in [0.25, 0.3) is 0 Å². The smallest absolute Gasteiger partial charge is 0.126 e. The Kier molecular flexibility index (Phi) is 4.85. The Bertz CT molecular complexity index is 311. The molecule has 1 rings (SSSR count). The fourth-order valence-electron chi connectivity index (χ4n) is 1.39. The largest absolute Gasteiger partial charge is 0.373 e. The van der Waals surface area contributed by atoms with Crippen LogP contribution in [0.2, 0.25) is 5.02 Å². The zero-order valence-electron chi connectivity index (χ0n) is 9.55. The first-order valence-electron chi connectivity index (χ1n) is 5.26. The molecule has 0 aliphatic rings. The van der Waals surface area contributed by atoms with Gasteiger partial charge in [0.1, 0.15) is 5.82 Å². The summed E-state index contributed by atoms with van der Waals surface area (Å²) in [6.45, 7) is 7.11. The Balaban J connectivity index is 2.82. The number of hydrogen-bond acceptors (Lipinski definition) is 3. The lowest BCUT2D eigenvalue weighted by Crippen LogP contribution is -2.23. The minimum Gasteiger partial charge on any atom is -0.373 e. The number of nitrogens with zero attached hydrogens (tertiary/aromatic N) is 2. The van der Waals surface area contributed by atoms with Crippen molar-refractivity contribution >= 4 is 17.4 Å². The van der Waals surface area contributed by atoms with E-state index in [9.17, 15) is 0 Å². The van der Waals surface area contributed by atoms with Crippen molar-refractivity contribution in [2.45, 2.75) is 20.4 Å². The Hall–Kier alpha value is -0.800. The molecule has 1 aromatic rings. The number of halogens is 1. The molecule has 0 bridgehead atoms. The topological polar surface area (TPSA) is 28.2 Å². The molecule has 0 radical (unpaired) electrons. The van der Waals surface area contributed by atoms with Crippen LogP contribution in [0.1, 0.15) is 19.5 Å². The molecule has 4 heteroatoms. The van der Waals surface area contributed by atoms with Crippen molar-refractivity contribution < 1.29 is 0 Å². The van der Waals surface area contributed by atoms with Crippen LogP contribution in [-0.2, 0) is 6.54 Å². The summed E-state index contributed by atoms with van der Waals surface area (Å²) < 4.78 is 0. The number of pyridine rings is 1. The third-order valence-electron chi connectivity index (χ3n) is 2.44. The van der Waals surface area contributed by atoms with Gasteiger partial charge in [-0.2, -0.15) is 0 Å². The van der Waals surface area contributed by atoms with Gasteiger partial charge in [-0.25, -0.2) is 4.98 Å². The van der Waals surface area contributed by atoms with E-state index >= 15 is 0 Å². The van der Waals surface area contributed by atoms with Crippen molar-refractivity contribution in [1.82, 2.24) is 9.88 Å². The van der Waals surface area contributed by atoms with Gasteiger partial charge in [0.15, 0.2) is 0 Å². The highest BCUT2D eigenvalue weighted by atomic mass is 35.5. The van der Waals surface area contributed by atoms with Crippen molar-refractivity contribution in [3.05, 3.63) is 22.8 Å². The molecule has 1 aromatic heterocycles. The van der Waals surface area contributed by atoms with Gasteiger partial charge in [-0.1, -0.05) is 25.4 Å². The molecular formula is C11H18ClN3. The predicted molar refractivity (Wildman–Crippen MR) is 65.4 cm³/mol. The van der Waals surface area contributed by atoms with E-state index in [-0.39, 0.29) is 0 Å². The third kappa shape index (κ3) is 3.36. The summed E-state index contributed by atoms with van der Waals surface area (Å²) >= 11 is 6.09. The second-order valence-corrected chi connectivity index (χ2v) is 3.74. The van der Waals surface area contributed by atoms with Gasteiger partial charge < -0.3 is 5.32 Å². The molecule has 1 heterocycles. The normalized spacial score (nSPS) is 10.7. The fraction of sp³-hybridized carbons (Fsp3) is 0.545. The Morgan fingerprint density at radius 2 is 2.00 bits per heavy atom. The van der Waals surface area contributed by atoms with E-state index in [1.807, 2.05) is 19.2 Å². The second-order valence-electron chi connectivity index (χ2n) is 3.34. The molecular weight excluding hydrogens is 210 g/mol. The maximum Gasteiger partial charge on any atom is 0.126 e. The first kappa shape index (κ1) is 12.3. The SMILES string of the molecule is CCN(CC)Cc1nc(NC)ccc1Cl. The van der Waals surface area contributed by atoms with E-state index in [1.165, 1.54) is 0 Å². The van der Waals surface area contributed by atoms with Crippen LogP contribution < -0.4 is 5.32 Å². The monoisotopic (exact) mass is 227 g/mol. The van der Waals surface area contributed by atoms with Crippen LogP contribution in [0.4, 0.5) is 5.82 Å². The van der Waals surface area contributed by atoms with E-state index in [1.54, 1.807) is 0 Å². The summed E-state index contributed by atoms with van der Waals surface area (Å²) in [5, 5.41) is 3.75. The zero-order valence-corrected chi connectivity index (χ0v) is 10.3. The van der Waals surface area contributed by atoms with Gasteiger partial charge in [0.25, 0.3) is 0 Å². The van der Waals surface area contributed by atoms with E-state index in [2.05, 4.69) is 29.0 Å². The molecule has 1 N–H and O–H groups in total. The molecule has 0 atom stereocenters. The lowest BCUT2D eigenvalue weighted by atomic mass is 10.3. The zero-order chi connectivity index (χ0) is 11.3. The fourth-order valence-corrected chi connectivity index (χ4v) is 1.56. The summed E-state index contributed by atoms with van der Waals surface area (Å²) in [7, 11) is 1.86. The van der Waals surface area contributed by atoms with Crippen molar-refractivity contribution in [2.75, 3.05) is 25.5 Å². The number of aromatic nitrogens is 1. The minimum atomic E-state index is 0.737. The summed E-state index contributed by atoms with van der Waals surface area (Å²) in [4.78, 5) is 6.73. The van der Waals surface area contributed by atoms with E-state index in [0.717, 1.165) is 36.2 Å². The molecule has 0 aliphatic carbocycles. The average molecular weight is 228 g/mol. The number of hydrogen-bond donors (Lipinski definition) is 1. The molecule has 0 saturated carbocycles. The Morgan fingerprint density at radius 3 is 2.53 bits per heavy atom. The van der Waals surface area contributed by atoms with Crippen molar-refractivity contribution in [3.63, 3.8) is 0 Å². The van der Waals surface area contributed by atoms with Gasteiger partial charge in [-0.3, -0.25) is 4.90 Å². The Morgan fingerprint density at radius 1 is 1.33 bits per heavy atom. The molecule has 0 aliphatic heterocycles. The Labute approximate surface area is 96.5 Å². The highest BCUT2D eigenvalue weighted by Crippen LogP contribution is 2.17. The number of rotatable bonds is 5. The lowest BCUT2D eigenvalue weighted by molar-refractivity contribution is 0.292. The maximum atomic E-state index is 6.09. The first-order valence-corrected chi connectivity index (χ1v) is 5.64. The van der Waals surface area contributed by atoms with Gasteiger partial charge in [0.05, 0.1) is 10.7 Å². The van der Waals surface area contributed by atoms with E-state index in [4.69, 9.17) is 11.6 Å². The first-order chi connectivity index (χ1) is 7.21. The molecule has 0 amide bonds. The quantitative estimate of drug-likeness (QED) is 0.838. The molecule has 0 unspecified atom stereocenters. The summed E-state index contributed by atoms with van der Waals surface area (Å²) in [5.41, 5.74) is 0.937. The molecule has 0 spiro atoms. The van der Waals surface area contributed by atoms with Crippen LogP contribution in [0.3, 0.4) is 0 Å². The number of nitrogens with one attached hydrogen (secondary N) is 1. The summed E-state index contributed by atoms with van der Waals surface area (Å²) in [6, 6.07) is 3.77. The molecule has 3 nitrogen and oxygen atoms in total. The second kappa shape index (κ2) is 5.93. The van der Waals surface area contributed by atoms with Crippen LogP contribution in [0.15, 0.2) is 12.1 Å². The number of anilines is 1. The van der Waals surface area contributed by atoms with Crippen molar-refractivity contribution in [3.8, 4) is 0 Å². The summed E-state index contributed by atoms with van der Waals surface area (Å²) in [6.07, 6.45) is 0. The van der Waals surface area contributed by atoms with Crippen LogP contribution in [-0.4, -0.2) is 30.0 Å². The standard InChI is InChI=1S/C11H18ClN3/c1-4-15(5-2)8-10-9(12)6-7-11(13-3)14-10/h6-7H,4-5,8H2,1-3H3,(H,13,14). The van der Waals surface area contributed by atoms with Crippen molar-refractivity contribution in [2.24, 2.45) is 0 Å². The predicted octanol–water partition coefficient (Wildman–Crippen LogP) is 2.62. The molecule has 0 saturated heterocycles. The van der Waals surface area contributed by atoms with Gasteiger partial charge in [-0.05, 0) is 25.2 Å². The maximum absolute atomic E-state index is 6.09. The minimum absolute atomic E-state index is 0.737. The average Bonchev–Trinajstić information content (AvgIpc) is 2.28. The van der Waals surface area contributed by atoms with Gasteiger partial charge in [0, 0.05) is 13.6 Å². The molecule has 15 heavy (non-hydrogen) atoms. The molecule has 0 aromatic carbocycles. The van der Waals surface area contributed by atoms with Crippen LogP contribution in [0, 0.1) is 0 Å². The highest BCUT2D eigenvalue weighted by molar-refractivity contribution is 6.31. The van der Waals surface area contributed by atoms with Gasteiger partial charge in [-0.15, -0.1) is 0 Å². The van der Waals surface area contributed by atoms with Crippen molar-refractivity contribution in [1.29, 1.82) is 0 Å².